The van der Waals surface area contributed by atoms with Gasteiger partial charge >= 0.3 is 6.18 Å². The summed E-state index contributed by atoms with van der Waals surface area (Å²) in [6, 6.07) is 13.4. The lowest BCUT2D eigenvalue weighted by Gasteiger charge is -2.10. The van der Waals surface area contributed by atoms with E-state index in [2.05, 4.69) is 20.4 Å². The third kappa shape index (κ3) is 4.42. The number of rotatable bonds is 5. The smallest absolute Gasteiger partial charge is 0.416 e. The Labute approximate surface area is 174 Å². The largest absolute Gasteiger partial charge is 0.457 e. The Hall–Kier alpha value is -4.08. The molecule has 2 N–H and O–H groups in total. The van der Waals surface area contributed by atoms with Crippen LogP contribution in [-0.4, -0.2) is 26.0 Å². The molecule has 2 heterocycles. The molecule has 4 rings (SSSR count). The van der Waals surface area contributed by atoms with Gasteiger partial charge in [-0.1, -0.05) is 11.2 Å². The van der Waals surface area contributed by atoms with Crippen molar-refractivity contribution in [1.29, 1.82) is 0 Å². The fraction of sp³-hybridized carbons (Fsp3) is 0.0952. The van der Waals surface area contributed by atoms with Gasteiger partial charge in [0.25, 0.3) is 0 Å². The van der Waals surface area contributed by atoms with Crippen molar-refractivity contribution in [3.8, 4) is 11.5 Å². The summed E-state index contributed by atoms with van der Waals surface area (Å²) in [6.07, 6.45) is -1.73. The van der Waals surface area contributed by atoms with E-state index in [-0.39, 0.29) is 5.69 Å². The van der Waals surface area contributed by atoms with Gasteiger partial charge in [-0.05, 0) is 36.4 Å². The number of anilines is 2. The number of nitrogens with one attached hydrogen (secondary N) is 1. The normalized spacial score (nSPS) is 11.9. The molecule has 0 saturated carbocycles. The van der Waals surface area contributed by atoms with Crippen molar-refractivity contribution in [2.24, 2.45) is 12.2 Å². The number of hydrogen-bond donors (Lipinski definition) is 2. The van der Waals surface area contributed by atoms with Gasteiger partial charge in [-0.15, -0.1) is 0 Å². The molecule has 4 aromatic rings. The number of hydrogen-bond acceptors (Lipinski definition) is 6. The zero-order valence-electron chi connectivity index (χ0n) is 16.1. The molecular weight excluding hydrogens is 411 g/mol. The van der Waals surface area contributed by atoms with Crippen LogP contribution in [0.25, 0.3) is 11.0 Å². The van der Waals surface area contributed by atoms with E-state index in [1.807, 2.05) is 0 Å². The number of fused-ring (bicyclic) bond motifs is 1. The molecule has 0 aliphatic heterocycles. The van der Waals surface area contributed by atoms with Crippen molar-refractivity contribution in [1.82, 2.24) is 14.5 Å². The van der Waals surface area contributed by atoms with Crippen LogP contribution in [0, 0.1) is 0 Å². The molecule has 0 aliphatic rings. The molecule has 0 fully saturated rings. The third-order valence-electron chi connectivity index (χ3n) is 4.48. The van der Waals surface area contributed by atoms with E-state index in [0.717, 1.165) is 17.6 Å². The van der Waals surface area contributed by atoms with Crippen LogP contribution in [0.2, 0.25) is 0 Å². The fourth-order valence-corrected chi connectivity index (χ4v) is 3.01. The summed E-state index contributed by atoms with van der Waals surface area (Å²) in [5.41, 5.74) is 1.33. The van der Waals surface area contributed by atoms with E-state index < -0.39 is 11.7 Å². The maximum atomic E-state index is 13.0. The predicted molar refractivity (Wildman–Crippen MR) is 109 cm³/mol. The van der Waals surface area contributed by atoms with Crippen LogP contribution in [0.1, 0.15) is 11.3 Å². The number of ether oxygens (including phenoxy) is 1. The summed E-state index contributed by atoms with van der Waals surface area (Å²) in [6.45, 7) is 0. The highest BCUT2D eigenvalue weighted by atomic mass is 19.4. The highest BCUT2D eigenvalue weighted by molar-refractivity contribution is 5.81. The average molecular weight is 427 g/mol. The number of alkyl halides is 3. The Morgan fingerprint density at radius 1 is 1.10 bits per heavy atom. The van der Waals surface area contributed by atoms with Gasteiger partial charge in [0.2, 0.25) is 5.95 Å². The summed E-state index contributed by atoms with van der Waals surface area (Å²) in [4.78, 5) is 8.49. The Morgan fingerprint density at radius 2 is 1.90 bits per heavy atom. The zero-order chi connectivity index (χ0) is 22.0. The standard InChI is InChI=1S/C21H16F3N5O2/c1-29-19-6-5-16(31-17-7-8-25-15(10-17)12-26-30)11-18(19)28-20(29)27-14-4-2-3-13(9-14)21(22,23)24/h2-12,30H,1H3,(H,27,28)/b26-12+. The predicted octanol–water partition coefficient (Wildman–Crippen LogP) is 5.33. The Balaban J connectivity index is 1.60. The molecule has 0 aliphatic carbocycles. The van der Waals surface area contributed by atoms with Gasteiger partial charge in [0.15, 0.2) is 0 Å². The van der Waals surface area contributed by atoms with Crippen LogP contribution < -0.4 is 10.1 Å². The van der Waals surface area contributed by atoms with Crippen LogP contribution in [-0.2, 0) is 13.2 Å². The van der Waals surface area contributed by atoms with Gasteiger partial charge in [0.1, 0.15) is 11.5 Å². The summed E-state index contributed by atoms with van der Waals surface area (Å²) in [5.74, 6) is 1.38. The monoisotopic (exact) mass is 427 g/mol. The van der Waals surface area contributed by atoms with E-state index in [9.17, 15) is 13.2 Å². The molecule has 0 bridgehead atoms. The molecule has 10 heteroatoms. The van der Waals surface area contributed by atoms with Crippen molar-refractivity contribution < 1.29 is 23.1 Å². The van der Waals surface area contributed by atoms with Crippen molar-refractivity contribution in [3.63, 3.8) is 0 Å². The lowest BCUT2D eigenvalue weighted by atomic mass is 10.2. The van der Waals surface area contributed by atoms with Gasteiger partial charge in [-0.2, -0.15) is 13.2 Å². The summed E-state index contributed by atoms with van der Waals surface area (Å²) in [5, 5.41) is 14.5. The number of aryl methyl sites for hydroxylation is 1. The number of benzene rings is 2. The van der Waals surface area contributed by atoms with Crippen molar-refractivity contribution in [2.45, 2.75) is 6.18 Å². The number of halogens is 3. The summed E-state index contributed by atoms with van der Waals surface area (Å²) >= 11 is 0. The molecule has 0 spiro atoms. The minimum atomic E-state index is -4.42. The number of oxime groups is 1. The topological polar surface area (TPSA) is 84.6 Å². The number of aromatic nitrogens is 3. The van der Waals surface area contributed by atoms with Crippen LogP contribution in [0.15, 0.2) is 65.9 Å². The quantitative estimate of drug-likeness (QED) is 0.255. The summed E-state index contributed by atoms with van der Waals surface area (Å²) in [7, 11) is 1.76. The molecule has 2 aromatic carbocycles. The maximum absolute atomic E-state index is 13.0. The van der Waals surface area contributed by atoms with Gasteiger partial charge in [-0.3, -0.25) is 4.98 Å². The lowest BCUT2D eigenvalue weighted by Crippen LogP contribution is -2.06. The average Bonchev–Trinajstić information content (AvgIpc) is 3.03. The van der Waals surface area contributed by atoms with E-state index in [4.69, 9.17) is 9.94 Å². The molecule has 0 unspecified atom stereocenters. The minimum absolute atomic E-state index is 0.277. The van der Waals surface area contributed by atoms with E-state index in [0.29, 0.717) is 28.7 Å². The summed E-state index contributed by atoms with van der Waals surface area (Å²) < 4.78 is 46.4. The molecule has 0 saturated heterocycles. The van der Waals surface area contributed by atoms with E-state index in [1.165, 1.54) is 18.5 Å². The first-order chi connectivity index (χ1) is 14.8. The van der Waals surface area contributed by atoms with Gasteiger partial charge in [0, 0.05) is 31.1 Å². The van der Waals surface area contributed by atoms with E-state index >= 15 is 0 Å². The second kappa shape index (κ2) is 7.98. The SMILES string of the molecule is Cn1c(Nc2cccc(C(F)(F)F)c2)nc2cc(Oc3ccnc(/C=N/O)c3)ccc21. The number of nitrogens with zero attached hydrogens (tertiary/aromatic N) is 4. The highest BCUT2D eigenvalue weighted by Gasteiger charge is 2.30. The first-order valence-electron chi connectivity index (χ1n) is 9.05. The molecule has 0 radical (unpaired) electrons. The van der Waals surface area contributed by atoms with Crippen LogP contribution in [0.3, 0.4) is 0 Å². The van der Waals surface area contributed by atoms with Gasteiger partial charge in [-0.25, -0.2) is 4.98 Å². The second-order valence-corrected chi connectivity index (χ2v) is 6.61. The van der Waals surface area contributed by atoms with E-state index in [1.54, 1.807) is 48.0 Å². The van der Waals surface area contributed by atoms with Crippen molar-refractivity contribution >= 4 is 28.9 Å². The molecule has 0 amide bonds. The van der Waals surface area contributed by atoms with Crippen LogP contribution in [0.4, 0.5) is 24.8 Å². The fourth-order valence-electron chi connectivity index (χ4n) is 3.01. The molecule has 31 heavy (non-hydrogen) atoms. The highest BCUT2D eigenvalue weighted by Crippen LogP contribution is 2.32. The van der Waals surface area contributed by atoms with Crippen molar-refractivity contribution in [2.75, 3.05) is 5.32 Å². The first kappa shape index (κ1) is 20.2. The second-order valence-electron chi connectivity index (χ2n) is 6.61. The third-order valence-corrected chi connectivity index (χ3v) is 4.48. The molecule has 7 nitrogen and oxygen atoms in total. The van der Waals surface area contributed by atoms with Crippen molar-refractivity contribution in [3.05, 3.63) is 72.1 Å². The number of pyridine rings is 1. The Morgan fingerprint density at radius 3 is 2.68 bits per heavy atom. The first-order valence-corrected chi connectivity index (χ1v) is 9.05. The van der Waals surface area contributed by atoms with Gasteiger partial charge < -0.3 is 19.8 Å². The minimum Gasteiger partial charge on any atom is -0.457 e. The molecule has 2 aromatic heterocycles. The maximum Gasteiger partial charge on any atom is 0.416 e. The molecule has 158 valence electrons. The number of imidazole rings is 1. The zero-order valence-corrected chi connectivity index (χ0v) is 16.1. The van der Waals surface area contributed by atoms with Crippen LogP contribution >= 0.6 is 0 Å². The molecular formula is C21H16F3N5O2. The Kier molecular flexibility index (Phi) is 5.20. The molecule has 0 atom stereocenters. The Bertz CT molecular complexity index is 1270. The lowest BCUT2D eigenvalue weighted by molar-refractivity contribution is -0.137. The van der Waals surface area contributed by atoms with Gasteiger partial charge in [0.05, 0.1) is 28.5 Å². The van der Waals surface area contributed by atoms with Crippen LogP contribution in [0.5, 0.6) is 11.5 Å².